The molecule has 1 saturated carbocycles. The molecule has 0 bridgehead atoms. The van der Waals surface area contributed by atoms with Crippen LogP contribution in [0.25, 0.3) is 0 Å². The van der Waals surface area contributed by atoms with E-state index in [-0.39, 0.29) is 5.60 Å². The summed E-state index contributed by atoms with van der Waals surface area (Å²) < 4.78 is 6.29. The Labute approximate surface area is 111 Å². The molecule has 0 amide bonds. The molecular weight excluding hydrogens is 222 g/mol. The van der Waals surface area contributed by atoms with Gasteiger partial charge in [0, 0.05) is 0 Å². The second-order valence-electron chi connectivity index (χ2n) is 5.24. The van der Waals surface area contributed by atoms with Crippen molar-refractivity contribution >= 4 is 0 Å². The predicted octanol–water partition coefficient (Wildman–Crippen LogP) is 3.55. The Bertz CT molecular complexity index is 371. The van der Waals surface area contributed by atoms with Crippen LogP contribution in [0.3, 0.4) is 0 Å². The van der Waals surface area contributed by atoms with Crippen molar-refractivity contribution < 1.29 is 4.74 Å². The number of benzene rings is 1. The standard InChI is InChI=1S/C16H25NO/c1-3-14-7-5-8-15(13-14)18-16(9-6-10-16)11-12-17-4-2/h5,7-8,13,17H,3-4,6,9-12H2,1-2H3. The Hall–Kier alpha value is -1.02. The Morgan fingerprint density at radius 1 is 1.28 bits per heavy atom. The van der Waals surface area contributed by atoms with Crippen LogP contribution in [0.4, 0.5) is 0 Å². The predicted molar refractivity (Wildman–Crippen MR) is 76.2 cm³/mol. The molecule has 18 heavy (non-hydrogen) atoms. The summed E-state index contributed by atoms with van der Waals surface area (Å²) in [6.45, 7) is 6.44. The van der Waals surface area contributed by atoms with Gasteiger partial charge in [0.05, 0.1) is 0 Å². The summed E-state index contributed by atoms with van der Waals surface area (Å²) in [4.78, 5) is 0. The first kappa shape index (κ1) is 13.4. The monoisotopic (exact) mass is 247 g/mol. The van der Waals surface area contributed by atoms with Gasteiger partial charge in [-0.15, -0.1) is 0 Å². The van der Waals surface area contributed by atoms with Crippen molar-refractivity contribution in [1.29, 1.82) is 0 Å². The Morgan fingerprint density at radius 2 is 2.11 bits per heavy atom. The third kappa shape index (κ3) is 3.26. The van der Waals surface area contributed by atoms with Gasteiger partial charge in [-0.3, -0.25) is 0 Å². The number of hydrogen-bond donors (Lipinski definition) is 1. The molecule has 1 N–H and O–H groups in total. The zero-order valence-electron chi connectivity index (χ0n) is 11.7. The lowest BCUT2D eigenvalue weighted by atomic mass is 9.77. The molecule has 0 unspecified atom stereocenters. The first-order chi connectivity index (χ1) is 8.78. The normalized spacial score (nSPS) is 17.2. The second-order valence-corrected chi connectivity index (χ2v) is 5.24. The lowest BCUT2D eigenvalue weighted by molar-refractivity contribution is -0.0141. The van der Waals surface area contributed by atoms with Crippen LogP contribution in [0.2, 0.25) is 0 Å². The minimum Gasteiger partial charge on any atom is -0.487 e. The minimum absolute atomic E-state index is 0.106. The van der Waals surface area contributed by atoms with E-state index in [2.05, 4.69) is 43.4 Å². The molecule has 0 aromatic heterocycles. The molecule has 1 fully saturated rings. The number of aryl methyl sites for hydroxylation is 1. The van der Waals surface area contributed by atoms with Crippen LogP contribution >= 0.6 is 0 Å². The van der Waals surface area contributed by atoms with Gasteiger partial charge in [0.1, 0.15) is 11.4 Å². The summed E-state index contributed by atoms with van der Waals surface area (Å²) in [6.07, 6.45) is 5.90. The highest BCUT2D eigenvalue weighted by molar-refractivity contribution is 5.29. The average molecular weight is 247 g/mol. The Kier molecular flexibility index (Phi) is 4.65. The molecule has 2 nitrogen and oxygen atoms in total. The van der Waals surface area contributed by atoms with E-state index >= 15 is 0 Å². The van der Waals surface area contributed by atoms with Gasteiger partial charge in [0.25, 0.3) is 0 Å². The molecule has 0 aliphatic heterocycles. The fourth-order valence-corrected chi connectivity index (χ4v) is 2.55. The van der Waals surface area contributed by atoms with Gasteiger partial charge >= 0.3 is 0 Å². The summed E-state index contributed by atoms with van der Waals surface area (Å²) in [5, 5.41) is 3.40. The third-order valence-electron chi connectivity index (χ3n) is 3.91. The molecule has 0 atom stereocenters. The van der Waals surface area contributed by atoms with E-state index in [1.54, 1.807) is 0 Å². The number of ether oxygens (including phenoxy) is 1. The molecule has 1 aromatic carbocycles. The van der Waals surface area contributed by atoms with Gasteiger partial charge in [-0.25, -0.2) is 0 Å². The van der Waals surface area contributed by atoms with Crippen LogP contribution < -0.4 is 10.1 Å². The van der Waals surface area contributed by atoms with Gasteiger partial charge in [-0.1, -0.05) is 26.0 Å². The summed E-state index contributed by atoms with van der Waals surface area (Å²) >= 11 is 0. The van der Waals surface area contributed by atoms with Crippen LogP contribution in [0.1, 0.15) is 45.1 Å². The van der Waals surface area contributed by atoms with E-state index in [0.717, 1.165) is 31.7 Å². The summed E-state index contributed by atoms with van der Waals surface area (Å²) in [5.41, 5.74) is 1.46. The molecule has 2 heteroatoms. The van der Waals surface area contributed by atoms with Gasteiger partial charge in [-0.05, 0) is 62.9 Å². The molecule has 0 radical (unpaired) electrons. The highest BCUT2D eigenvalue weighted by Gasteiger charge is 2.38. The van der Waals surface area contributed by atoms with E-state index in [9.17, 15) is 0 Å². The van der Waals surface area contributed by atoms with Crippen molar-refractivity contribution in [2.24, 2.45) is 0 Å². The summed E-state index contributed by atoms with van der Waals surface area (Å²) in [5.74, 6) is 1.05. The van der Waals surface area contributed by atoms with Gasteiger partial charge in [-0.2, -0.15) is 0 Å². The maximum absolute atomic E-state index is 6.29. The van der Waals surface area contributed by atoms with Crippen molar-refractivity contribution in [1.82, 2.24) is 5.32 Å². The topological polar surface area (TPSA) is 21.3 Å². The van der Waals surface area contributed by atoms with E-state index in [4.69, 9.17) is 4.74 Å². The van der Waals surface area contributed by atoms with Crippen molar-refractivity contribution in [2.75, 3.05) is 13.1 Å². The molecule has 0 saturated heterocycles. The zero-order chi connectivity index (χ0) is 12.8. The van der Waals surface area contributed by atoms with E-state index < -0.39 is 0 Å². The van der Waals surface area contributed by atoms with Crippen molar-refractivity contribution in [3.8, 4) is 5.75 Å². The first-order valence-corrected chi connectivity index (χ1v) is 7.27. The molecule has 0 heterocycles. The van der Waals surface area contributed by atoms with Gasteiger partial charge < -0.3 is 10.1 Å². The van der Waals surface area contributed by atoms with Crippen molar-refractivity contribution in [2.45, 2.75) is 51.6 Å². The van der Waals surface area contributed by atoms with Gasteiger partial charge in [0.2, 0.25) is 0 Å². The van der Waals surface area contributed by atoms with Crippen LogP contribution in [0, 0.1) is 0 Å². The third-order valence-corrected chi connectivity index (χ3v) is 3.91. The fraction of sp³-hybridized carbons (Fsp3) is 0.625. The Morgan fingerprint density at radius 3 is 2.72 bits per heavy atom. The number of hydrogen-bond acceptors (Lipinski definition) is 2. The zero-order valence-corrected chi connectivity index (χ0v) is 11.7. The molecular formula is C16H25NO. The maximum Gasteiger partial charge on any atom is 0.120 e. The number of rotatable bonds is 7. The minimum atomic E-state index is 0.106. The largest absolute Gasteiger partial charge is 0.487 e. The van der Waals surface area contributed by atoms with Crippen LogP contribution in [0.5, 0.6) is 5.75 Å². The lowest BCUT2D eigenvalue weighted by Crippen LogP contribution is -2.45. The lowest BCUT2D eigenvalue weighted by Gasteiger charge is -2.42. The quantitative estimate of drug-likeness (QED) is 0.744. The smallest absolute Gasteiger partial charge is 0.120 e. The second kappa shape index (κ2) is 6.24. The fourth-order valence-electron chi connectivity index (χ4n) is 2.55. The SMILES string of the molecule is CCNCCC1(Oc2cccc(CC)c2)CCC1. The highest BCUT2D eigenvalue weighted by atomic mass is 16.5. The molecule has 2 rings (SSSR count). The van der Waals surface area contributed by atoms with Crippen LogP contribution in [0.15, 0.2) is 24.3 Å². The maximum atomic E-state index is 6.29. The summed E-state index contributed by atoms with van der Waals surface area (Å²) in [6, 6.07) is 8.55. The molecule has 1 aliphatic carbocycles. The van der Waals surface area contributed by atoms with Gasteiger partial charge in [0.15, 0.2) is 0 Å². The highest BCUT2D eigenvalue weighted by Crippen LogP contribution is 2.39. The molecule has 1 aliphatic rings. The number of nitrogens with one attached hydrogen (secondary N) is 1. The Balaban J connectivity index is 1.96. The average Bonchev–Trinajstić information content (AvgIpc) is 2.36. The van der Waals surface area contributed by atoms with Crippen molar-refractivity contribution in [3.63, 3.8) is 0 Å². The van der Waals surface area contributed by atoms with Crippen LogP contribution in [-0.4, -0.2) is 18.7 Å². The molecule has 100 valence electrons. The molecule has 1 aromatic rings. The first-order valence-electron chi connectivity index (χ1n) is 7.27. The summed E-state index contributed by atoms with van der Waals surface area (Å²) in [7, 11) is 0. The van der Waals surface area contributed by atoms with Crippen molar-refractivity contribution in [3.05, 3.63) is 29.8 Å². The van der Waals surface area contributed by atoms with Crippen LogP contribution in [-0.2, 0) is 6.42 Å². The molecule has 0 spiro atoms. The van der Waals surface area contributed by atoms with E-state index in [1.165, 1.54) is 24.8 Å². The van der Waals surface area contributed by atoms with E-state index in [1.807, 2.05) is 0 Å². The van der Waals surface area contributed by atoms with E-state index in [0.29, 0.717) is 0 Å².